The highest BCUT2D eigenvalue weighted by Gasteiger charge is 2.22. The van der Waals surface area contributed by atoms with Crippen LogP contribution in [0.1, 0.15) is 18.5 Å². The molecule has 1 aliphatic heterocycles. The summed E-state index contributed by atoms with van der Waals surface area (Å²) in [5.41, 5.74) is 0.830. The van der Waals surface area contributed by atoms with Crippen molar-refractivity contribution in [3.05, 3.63) is 28.5 Å². The summed E-state index contributed by atoms with van der Waals surface area (Å²) >= 11 is 3.40. The SMILES string of the molecule is O=C(Cc1ncccc1Br)C1CCCN1. The van der Waals surface area contributed by atoms with Gasteiger partial charge in [0.2, 0.25) is 0 Å². The van der Waals surface area contributed by atoms with Gasteiger partial charge in [0.15, 0.2) is 5.78 Å². The van der Waals surface area contributed by atoms with E-state index >= 15 is 0 Å². The van der Waals surface area contributed by atoms with Crippen LogP contribution in [0.4, 0.5) is 0 Å². The van der Waals surface area contributed by atoms with Gasteiger partial charge in [0.25, 0.3) is 0 Å². The lowest BCUT2D eigenvalue weighted by molar-refractivity contribution is -0.120. The van der Waals surface area contributed by atoms with E-state index < -0.39 is 0 Å². The van der Waals surface area contributed by atoms with Crippen LogP contribution < -0.4 is 5.32 Å². The lowest BCUT2D eigenvalue weighted by atomic mass is 10.1. The molecule has 0 bridgehead atoms. The molecular formula is C11H13BrN2O. The van der Waals surface area contributed by atoms with Crippen LogP contribution in [0, 0.1) is 0 Å². The van der Waals surface area contributed by atoms with Crippen LogP contribution in [-0.4, -0.2) is 23.4 Å². The standard InChI is InChI=1S/C11H13BrN2O/c12-8-3-1-5-14-10(8)7-11(15)9-4-2-6-13-9/h1,3,5,9,13H,2,4,6-7H2. The van der Waals surface area contributed by atoms with E-state index in [1.807, 2.05) is 12.1 Å². The Labute approximate surface area is 97.4 Å². The van der Waals surface area contributed by atoms with Crippen LogP contribution in [0.15, 0.2) is 22.8 Å². The molecule has 4 heteroatoms. The molecule has 1 aromatic rings. The van der Waals surface area contributed by atoms with Gasteiger partial charge < -0.3 is 5.32 Å². The third-order valence-corrected chi connectivity index (χ3v) is 3.35. The van der Waals surface area contributed by atoms with Crippen LogP contribution in [-0.2, 0) is 11.2 Å². The molecule has 1 fully saturated rings. The Bertz CT molecular complexity index is 361. The lowest BCUT2D eigenvalue weighted by Crippen LogP contribution is -2.32. The molecule has 0 aliphatic carbocycles. The number of carbonyl (C=O) groups excluding carboxylic acids is 1. The number of nitrogens with zero attached hydrogens (tertiary/aromatic N) is 1. The number of ketones is 1. The zero-order valence-corrected chi connectivity index (χ0v) is 9.96. The Balaban J connectivity index is 2.02. The Morgan fingerprint density at radius 2 is 2.53 bits per heavy atom. The Morgan fingerprint density at radius 1 is 1.67 bits per heavy atom. The summed E-state index contributed by atoms with van der Waals surface area (Å²) in [6.07, 6.45) is 4.19. The highest BCUT2D eigenvalue weighted by atomic mass is 79.9. The van der Waals surface area contributed by atoms with Crippen LogP contribution in [0.2, 0.25) is 0 Å². The number of carbonyl (C=O) groups is 1. The molecule has 0 aromatic carbocycles. The smallest absolute Gasteiger partial charge is 0.155 e. The van der Waals surface area contributed by atoms with Gasteiger partial charge in [-0.05, 0) is 47.4 Å². The van der Waals surface area contributed by atoms with Gasteiger partial charge in [-0.3, -0.25) is 9.78 Å². The molecule has 1 atom stereocenters. The first kappa shape index (κ1) is 10.8. The van der Waals surface area contributed by atoms with Gasteiger partial charge in [0.1, 0.15) is 0 Å². The first-order valence-electron chi connectivity index (χ1n) is 5.13. The highest BCUT2D eigenvalue weighted by Crippen LogP contribution is 2.16. The molecule has 2 rings (SSSR count). The largest absolute Gasteiger partial charge is 0.307 e. The topological polar surface area (TPSA) is 42.0 Å². The average molecular weight is 269 g/mol. The number of hydrogen-bond acceptors (Lipinski definition) is 3. The number of rotatable bonds is 3. The molecule has 80 valence electrons. The Morgan fingerprint density at radius 3 is 3.20 bits per heavy atom. The molecule has 0 amide bonds. The molecule has 1 N–H and O–H groups in total. The number of hydrogen-bond donors (Lipinski definition) is 1. The number of Topliss-reactive ketones (excluding diaryl/α,β-unsaturated/α-hetero) is 1. The van der Waals surface area contributed by atoms with Crippen molar-refractivity contribution in [3.63, 3.8) is 0 Å². The third-order valence-electron chi connectivity index (χ3n) is 2.63. The summed E-state index contributed by atoms with van der Waals surface area (Å²) in [4.78, 5) is 16.0. The minimum atomic E-state index is 0.0407. The maximum absolute atomic E-state index is 11.8. The summed E-state index contributed by atoms with van der Waals surface area (Å²) in [7, 11) is 0. The van der Waals surface area contributed by atoms with Gasteiger partial charge in [-0.2, -0.15) is 0 Å². The minimum absolute atomic E-state index is 0.0407. The quantitative estimate of drug-likeness (QED) is 0.908. The lowest BCUT2D eigenvalue weighted by Gasteiger charge is -2.08. The van der Waals surface area contributed by atoms with Crippen LogP contribution in [0.25, 0.3) is 0 Å². The van der Waals surface area contributed by atoms with Gasteiger partial charge in [-0.1, -0.05) is 0 Å². The first-order valence-corrected chi connectivity index (χ1v) is 5.92. The molecule has 1 unspecified atom stereocenters. The van der Waals surface area contributed by atoms with E-state index in [1.165, 1.54) is 0 Å². The molecule has 2 heterocycles. The fraction of sp³-hybridized carbons (Fsp3) is 0.455. The molecule has 0 spiro atoms. The van der Waals surface area contributed by atoms with Crippen molar-refractivity contribution in [1.29, 1.82) is 0 Å². The molecule has 3 nitrogen and oxygen atoms in total. The maximum atomic E-state index is 11.8. The van der Waals surface area contributed by atoms with Gasteiger partial charge >= 0.3 is 0 Å². The number of aromatic nitrogens is 1. The Kier molecular flexibility index (Phi) is 3.49. The Hall–Kier alpha value is -0.740. The fourth-order valence-corrected chi connectivity index (χ4v) is 2.19. The third kappa shape index (κ3) is 2.63. The normalized spacial score (nSPS) is 20.5. The van der Waals surface area contributed by atoms with E-state index in [0.717, 1.165) is 29.6 Å². The van der Waals surface area contributed by atoms with Crippen LogP contribution in [0.3, 0.4) is 0 Å². The van der Waals surface area contributed by atoms with E-state index in [2.05, 4.69) is 26.2 Å². The highest BCUT2D eigenvalue weighted by molar-refractivity contribution is 9.10. The number of nitrogens with one attached hydrogen (secondary N) is 1. The monoisotopic (exact) mass is 268 g/mol. The van der Waals surface area contributed by atoms with E-state index in [9.17, 15) is 4.79 Å². The van der Waals surface area contributed by atoms with Crippen molar-refractivity contribution in [2.24, 2.45) is 0 Å². The summed E-state index contributed by atoms with van der Waals surface area (Å²) < 4.78 is 0.913. The second-order valence-corrected chi connectivity index (χ2v) is 4.58. The predicted octanol–water partition coefficient (Wildman–Crippen LogP) is 1.71. The van der Waals surface area contributed by atoms with Crippen molar-refractivity contribution in [2.45, 2.75) is 25.3 Å². The zero-order chi connectivity index (χ0) is 10.7. The summed E-state index contributed by atoms with van der Waals surface area (Å²) in [6.45, 7) is 0.958. The summed E-state index contributed by atoms with van der Waals surface area (Å²) in [5, 5.41) is 3.20. The number of pyridine rings is 1. The van der Waals surface area contributed by atoms with Crippen molar-refractivity contribution in [2.75, 3.05) is 6.54 Å². The van der Waals surface area contributed by atoms with E-state index in [-0.39, 0.29) is 11.8 Å². The summed E-state index contributed by atoms with van der Waals surface area (Å²) in [6, 6.07) is 3.81. The van der Waals surface area contributed by atoms with E-state index in [0.29, 0.717) is 6.42 Å². The van der Waals surface area contributed by atoms with Gasteiger partial charge in [-0.15, -0.1) is 0 Å². The first-order chi connectivity index (χ1) is 7.27. The van der Waals surface area contributed by atoms with E-state index in [1.54, 1.807) is 6.20 Å². The number of halogens is 1. The summed E-state index contributed by atoms with van der Waals surface area (Å²) in [5.74, 6) is 0.243. The van der Waals surface area contributed by atoms with Crippen LogP contribution >= 0.6 is 15.9 Å². The zero-order valence-electron chi connectivity index (χ0n) is 8.37. The average Bonchev–Trinajstić information content (AvgIpc) is 2.74. The van der Waals surface area contributed by atoms with Crippen molar-refractivity contribution in [3.8, 4) is 0 Å². The van der Waals surface area contributed by atoms with Gasteiger partial charge in [0.05, 0.1) is 18.2 Å². The van der Waals surface area contributed by atoms with Crippen LogP contribution in [0.5, 0.6) is 0 Å². The van der Waals surface area contributed by atoms with Crippen molar-refractivity contribution < 1.29 is 4.79 Å². The predicted molar refractivity (Wildman–Crippen MR) is 61.7 cm³/mol. The fourth-order valence-electron chi connectivity index (χ4n) is 1.80. The molecule has 1 aliphatic rings. The molecule has 0 radical (unpaired) electrons. The van der Waals surface area contributed by atoms with Crippen molar-refractivity contribution in [1.82, 2.24) is 10.3 Å². The molecule has 15 heavy (non-hydrogen) atoms. The second-order valence-electron chi connectivity index (χ2n) is 3.72. The molecule has 1 saturated heterocycles. The molecular weight excluding hydrogens is 256 g/mol. The van der Waals surface area contributed by atoms with Gasteiger partial charge in [0, 0.05) is 10.7 Å². The maximum Gasteiger partial charge on any atom is 0.155 e. The van der Waals surface area contributed by atoms with E-state index in [4.69, 9.17) is 0 Å². The molecule has 1 aromatic heterocycles. The van der Waals surface area contributed by atoms with Crippen molar-refractivity contribution >= 4 is 21.7 Å². The minimum Gasteiger partial charge on any atom is -0.307 e. The molecule has 0 saturated carbocycles. The van der Waals surface area contributed by atoms with Gasteiger partial charge in [-0.25, -0.2) is 0 Å². The second kappa shape index (κ2) is 4.86.